The fourth-order valence-corrected chi connectivity index (χ4v) is 3.46. The Hall–Kier alpha value is 0.310. The largest absolute Gasteiger partial charge is 0.392 e. The molecular weight excluding hydrogens is 180 g/mol. The van der Waals surface area contributed by atoms with E-state index in [0.29, 0.717) is 5.25 Å². The summed E-state index contributed by atoms with van der Waals surface area (Å²) in [6.45, 7) is 4.49. The number of hydrogen-bond donors (Lipinski definition) is 1. The van der Waals surface area contributed by atoms with E-state index in [9.17, 15) is 5.11 Å². The fraction of sp³-hybridized carbons (Fsp3) is 1.00. The van der Waals surface area contributed by atoms with Gasteiger partial charge in [0.05, 0.1) is 6.10 Å². The van der Waals surface area contributed by atoms with Gasteiger partial charge < -0.3 is 5.11 Å². The monoisotopic (exact) mass is 202 g/mol. The van der Waals surface area contributed by atoms with Crippen LogP contribution in [0, 0.1) is 0 Å². The number of thioether (sulfide) groups is 1. The summed E-state index contributed by atoms with van der Waals surface area (Å²) in [4.78, 5) is 0. The van der Waals surface area contributed by atoms with Gasteiger partial charge in [-0.15, -0.1) is 0 Å². The molecule has 2 heteroatoms. The average Bonchev–Trinajstić information content (AvgIpc) is 2.17. The molecule has 0 bridgehead atoms. The molecule has 1 rings (SSSR count). The fourth-order valence-electron chi connectivity index (χ4n) is 1.96. The highest BCUT2D eigenvalue weighted by atomic mass is 32.2. The van der Waals surface area contributed by atoms with E-state index >= 15 is 0 Å². The quantitative estimate of drug-likeness (QED) is 0.755. The van der Waals surface area contributed by atoms with Crippen LogP contribution in [0.25, 0.3) is 0 Å². The van der Waals surface area contributed by atoms with E-state index in [1.54, 1.807) is 0 Å². The molecule has 0 spiro atoms. The van der Waals surface area contributed by atoms with E-state index in [0.717, 1.165) is 11.7 Å². The van der Waals surface area contributed by atoms with Crippen LogP contribution in [0.3, 0.4) is 0 Å². The lowest BCUT2D eigenvalue weighted by Crippen LogP contribution is -2.28. The second-order valence-corrected chi connectivity index (χ2v) is 5.51. The summed E-state index contributed by atoms with van der Waals surface area (Å²) in [6, 6.07) is 0. The zero-order chi connectivity index (χ0) is 9.68. The molecule has 0 amide bonds. The van der Waals surface area contributed by atoms with Crippen LogP contribution < -0.4 is 0 Å². The summed E-state index contributed by atoms with van der Waals surface area (Å²) in [5.74, 6) is 0. The van der Waals surface area contributed by atoms with Crippen molar-refractivity contribution in [1.82, 2.24) is 0 Å². The van der Waals surface area contributed by atoms with Crippen molar-refractivity contribution in [3.63, 3.8) is 0 Å². The first kappa shape index (κ1) is 11.4. The number of aliphatic hydroxyl groups is 1. The van der Waals surface area contributed by atoms with Gasteiger partial charge >= 0.3 is 0 Å². The molecule has 1 nitrogen and oxygen atoms in total. The lowest BCUT2D eigenvalue weighted by Gasteiger charge is -2.29. The molecule has 1 saturated carbocycles. The first-order chi connectivity index (χ1) is 6.27. The van der Waals surface area contributed by atoms with Gasteiger partial charge in [-0.25, -0.2) is 0 Å². The van der Waals surface area contributed by atoms with Crippen LogP contribution in [0.1, 0.15) is 52.4 Å². The SMILES string of the molecule is CCC(CC)SC1CCCCC1O. The zero-order valence-electron chi connectivity index (χ0n) is 8.83. The predicted octanol–water partition coefficient (Wildman–Crippen LogP) is 3.21. The summed E-state index contributed by atoms with van der Waals surface area (Å²) in [5, 5.41) is 11.1. The van der Waals surface area contributed by atoms with Crippen LogP contribution in [0.2, 0.25) is 0 Å². The highest BCUT2D eigenvalue weighted by Gasteiger charge is 2.25. The minimum absolute atomic E-state index is 0.0284. The standard InChI is InChI=1S/C11H22OS/c1-3-9(4-2)13-11-8-6-5-7-10(11)12/h9-12H,3-8H2,1-2H3. The minimum Gasteiger partial charge on any atom is -0.392 e. The topological polar surface area (TPSA) is 20.2 Å². The molecule has 1 N–H and O–H groups in total. The summed E-state index contributed by atoms with van der Waals surface area (Å²) in [7, 11) is 0. The number of aliphatic hydroxyl groups excluding tert-OH is 1. The molecule has 2 atom stereocenters. The number of hydrogen-bond acceptors (Lipinski definition) is 2. The van der Waals surface area contributed by atoms with Crippen LogP contribution in [-0.2, 0) is 0 Å². The molecule has 1 fully saturated rings. The molecule has 0 aromatic rings. The molecule has 0 radical (unpaired) electrons. The molecular formula is C11H22OS. The van der Waals surface area contributed by atoms with E-state index in [1.807, 2.05) is 11.8 Å². The Morgan fingerprint density at radius 2 is 1.85 bits per heavy atom. The van der Waals surface area contributed by atoms with Gasteiger partial charge in [0.2, 0.25) is 0 Å². The van der Waals surface area contributed by atoms with Gasteiger partial charge in [0, 0.05) is 10.5 Å². The smallest absolute Gasteiger partial charge is 0.0658 e. The third-order valence-corrected chi connectivity index (χ3v) is 4.90. The van der Waals surface area contributed by atoms with Crippen molar-refractivity contribution in [2.24, 2.45) is 0 Å². The van der Waals surface area contributed by atoms with Crippen molar-refractivity contribution in [3.8, 4) is 0 Å². The molecule has 0 aromatic heterocycles. The van der Waals surface area contributed by atoms with E-state index in [-0.39, 0.29) is 6.10 Å². The minimum atomic E-state index is -0.0284. The summed E-state index contributed by atoms with van der Waals surface area (Å²) in [6.07, 6.45) is 7.24. The molecule has 1 aliphatic carbocycles. The van der Waals surface area contributed by atoms with Gasteiger partial charge in [0.25, 0.3) is 0 Å². The van der Waals surface area contributed by atoms with Crippen LogP contribution >= 0.6 is 11.8 Å². The first-order valence-electron chi connectivity index (χ1n) is 5.61. The molecule has 0 heterocycles. The maximum Gasteiger partial charge on any atom is 0.0658 e. The van der Waals surface area contributed by atoms with E-state index in [4.69, 9.17) is 0 Å². The first-order valence-corrected chi connectivity index (χ1v) is 6.55. The Morgan fingerprint density at radius 3 is 2.38 bits per heavy atom. The van der Waals surface area contributed by atoms with Gasteiger partial charge in [-0.2, -0.15) is 11.8 Å². The normalized spacial score (nSPS) is 29.5. The molecule has 0 aromatic carbocycles. The Labute approximate surface area is 86.3 Å². The Balaban J connectivity index is 2.32. The van der Waals surface area contributed by atoms with Crippen LogP contribution in [-0.4, -0.2) is 21.7 Å². The lowest BCUT2D eigenvalue weighted by molar-refractivity contribution is 0.136. The molecule has 0 saturated heterocycles. The van der Waals surface area contributed by atoms with Gasteiger partial charge in [-0.3, -0.25) is 0 Å². The third-order valence-electron chi connectivity index (χ3n) is 2.95. The van der Waals surface area contributed by atoms with E-state index in [2.05, 4.69) is 13.8 Å². The average molecular weight is 202 g/mol. The van der Waals surface area contributed by atoms with Gasteiger partial charge in [0.15, 0.2) is 0 Å². The third kappa shape index (κ3) is 3.51. The highest BCUT2D eigenvalue weighted by Crippen LogP contribution is 2.33. The second-order valence-electron chi connectivity index (χ2n) is 3.96. The van der Waals surface area contributed by atoms with Gasteiger partial charge in [-0.1, -0.05) is 26.7 Å². The maximum absolute atomic E-state index is 9.79. The van der Waals surface area contributed by atoms with E-state index in [1.165, 1.54) is 32.1 Å². The molecule has 0 aliphatic heterocycles. The van der Waals surface area contributed by atoms with Crippen molar-refractivity contribution >= 4 is 11.8 Å². The highest BCUT2D eigenvalue weighted by molar-refractivity contribution is 8.00. The second kappa shape index (κ2) is 5.92. The van der Waals surface area contributed by atoms with Crippen molar-refractivity contribution in [2.45, 2.75) is 69.0 Å². The Kier molecular flexibility index (Phi) is 5.18. The molecule has 2 unspecified atom stereocenters. The summed E-state index contributed by atoms with van der Waals surface area (Å²) < 4.78 is 0. The Bertz CT molecular complexity index is 134. The number of rotatable bonds is 4. The lowest BCUT2D eigenvalue weighted by atomic mass is 9.97. The summed E-state index contributed by atoms with van der Waals surface area (Å²) >= 11 is 2.02. The van der Waals surface area contributed by atoms with Crippen molar-refractivity contribution in [1.29, 1.82) is 0 Å². The summed E-state index contributed by atoms with van der Waals surface area (Å²) in [5.41, 5.74) is 0. The van der Waals surface area contributed by atoms with Crippen LogP contribution in [0.15, 0.2) is 0 Å². The van der Waals surface area contributed by atoms with Crippen LogP contribution in [0.4, 0.5) is 0 Å². The Morgan fingerprint density at radius 1 is 1.23 bits per heavy atom. The van der Waals surface area contributed by atoms with Crippen molar-refractivity contribution in [3.05, 3.63) is 0 Å². The predicted molar refractivity (Wildman–Crippen MR) is 60.2 cm³/mol. The van der Waals surface area contributed by atoms with E-state index < -0.39 is 0 Å². The molecule has 78 valence electrons. The van der Waals surface area contributed by atoms with Crippen LogP contribution in [0.5, 0.6) is 0 Å². The molecule has 1 aliphatic rings. The molecule has 13 heavy (non-hydrogen) atoms. The van der Waals surface area contributed by atoms with Crippen molar-refractivity contribution < 1.29 is 5.11 Å². The zero-order valence-corrected chi connectivity index (χ0v) is 9.65. The van der Waals surface area contributed by atoms with Gasteiger partial charge in [-0.05, 0) is 25.7 Å². The van der Waals surface area contributed by atoms with Crippen molar-refractivity contribution in [2.75, 3.05) is 0 Å². The van der Waals surface area contributed by atoms with Gasteiger partial charge in [0.1, 0.15) is 0 Å². The maximum atomic E-state index is 9.79.